The van der Waals surface area contributed by atoms with Gasteiger partial charge in [0.15, 0.2) is 16.9 Å². The lowest BCUT2D eigenvalue weighted by Gasteiger charge is -2.26. The predicted molar refractivity (Wildman–Crippen MR) is 86.7 cm³/mol. The Kier molecular flexibility index (Phi) is 5.84. The van der Waals surface area contributed by atoms with Crippen molar-refractivity contribution in [3.05, 3.63) is 23.3 Å². The van der Waals surface area contributed by atoms with Crippen LogP contribution in [-0.2, 0) is 27.3 Å². The molecule has 2 rings (SSSR count). The average molecular weight is 344 g/mol. The summed E-state index contributed by atoms with van der Waals surface area (Å²) in [5.74, 6) is 0.548. The van der Waals surface area contributed by atoms with Crippen molar-refractivity contribution < 1.29 is 23.7 Å². The van der Waals surface area contributed by atoms with Crippen LogP contribution in [0, 0.1) is 28.1 Å². The molecule has 132 valence electrons. The maximum atomic E-state index is 11.9. The summed E-state index contributed by atoms with van der Waals surface area (Å²) in [6.07, 6.45) is -0.914. The van der Waals surface area contributed by atoms with E-state index in [0.29, 0.717) is 11.5 Å². The minimum absolute atomic E-state index is 0.125. The molecule has 0 amide bonds. The van der Waals surface area contributed by atoms with Gasteiger partial charge in [0.25, 0.3) is 0 Å². The first-order chi connectivity index (χ1) is 12.0. The number of carbonyl (C=O) groups excluding carboxylic acids is 1. The Hall–Kier alpha value is -2.77. The highest BCUT2D eigenvalue weighted by molar-refractivity contribution is 5.70. The van der Waals surface area contributed by atoms with Crippen LogP contribution in [0.3, 0.4) is 0 Å². The molecule has 0 saturated carbocycles. The maximum Gasteiger partial charge on any atom is 0.308 e. The van der Waals surface area contributed by atoms with Gasteiger partial charge in [0.05, 0.1) is 46.0 Å². The number of esters is 1. The largest absolute Gasteiger partial charge is 0.493 e. The predicted octanol–water partition coefficient (Wildman–Crippen LogP) is 2.13. The number of ether oxygens (including phenoxy) is 4. The van der Waals surface area contributed by atoms with Gasteiger partial charge in [-0.1, -0.05) is 0 Å². The summed E-state index contributed by atoms with van der Waals surface area (Å²) in [6.45, 7) is 2.08. The number of nitriles is 2. The Bertz CT molecular complexity index is 718. The zero-order valence-electron chi connectivity index (χ0n) is 14.5. The van der Waals surface area contributed by atoms with Crippen molar-refractivity contribution in [1.29, 1.82) is 10.5 Å². The summed E-state index contributed by atoms with van der Waals surface area (Å²) >= 11 is 0. The quantitative estimate of drug-likeness (QED) is 0.754. The Labute approximate surface area is 146 Å². The molecule has 7 heteroatoms. The van der Waals surface area contributed by atoms with E-state index in [4.69, 9.17) is 18.9 Å². The van der Waals surface area contributed by atoms with Crippen molar-refractivity contribution in [2.24, 2.45) is 5.41 Å². The number of hydrogen-bond donors (Lipinski definition) is 0. The van der Waals surface area contributed by atoms with Crippen LogP contribution >= 0.6 is 0 Å². The van der Waals surface area contributed by atoms with E-state index in [1.807, 2.05) is 12.1 Å². The first-order valence-electron chi connectivity index (χ1n) is 7.87. The van der Waals surface area contributed by atoms with Crippen molar-refractivity contribution in [3.8, 4) is 23.6 Å². The summed E-state index contributed by atoms with van der Waals surface area (Å²) in [6, 6.07) is 7.60. The second-order valence-electron chi connectivity index (χ2n) is 5.66. The van der Waals surface area contributed by atoms with Crippen molar-refractivity contribution in [2.75, 3.05) is 20.8 Å². The molecule has 1 unspecified atom stereocenters. The maximum absolute atomic E-state index is 11.9. The molecule has 0 spiro atoms. The fraction of sp³-hybridized carbons (Fsp3) is 0.500. The van der Waals surface area contributed by atoms with Crippen LogP contribution in [-0.4, -0.2) is 32.9 Å². The van der Waals surface area contributed by atoms with E-state index in [1.165, 1.54) is 14.2 Å². The van der Waals surface area contributed by atoms with Crippen LogP contribution < -0.4 is 9.47 Å². The van der Waals surface area contributed by atoms with Gasteiger partial charge in [-0.25, -0.2) is 0 Å². The van der Waals surface area contributed by atoms with E-state index in [9.17, 15) is 15.3 Å². The molecule has 1 aliphatic heterocycles. The molecular weight excluding hydrogens is 324 g/mol. The van der Waals surface area contributed by atoms with E-state index < -0.39 is 17.5 Å². The lowest BCUT2D eigenvalue weighted by atomic mass is 9.78. The number of carbonyl (C=O) groups is 1. The third-order valence-electron chi connectivity index (χ3n) is 4.22. The highest BCUT2D eigenvalue weighted by atomic mass is 16.5. The van der Waals surface area contributed by atoms with Gasteiger partial charge in [0, 0.05) is 6.42 Å². The molecule has 0 fully saturated rings. The normalized spacial score (nSPS) is 18.0. The van der Waals surface area contributed by atoms with Gasteiger partial charge in [0.1, 0.15) is 6.10 Å². The minimum Gasteiger partial charge on any atom is -0.493 e. The third kappa shape index (κ3) is 3.67. The smallest absolute Gasteiger partial charge is 0.308 e. The van der Waals surface area contributed by atoms with Crippen molar-refractivity contribution in [3.63, 3.8) is 0 Å². The zero-order chi connectivity index (χ0) is 18.4. The molecule has 0 saturated heterocycles. The second-order valence-corrected chi connectivity index (χ2v) is 5.66. The number of nitrogens with zero attached hydrogens (tertiary/aromatic N) is 2. The molecule has 0 radical (unpaired) electrons. The topological polar surface area (TPSA) is 102 Å². The van der Waals surface area contributed by atoms with Gasteiger partial charge in [-0.2, -0.15) is 10.5 Å². The molecule has 0 aromatic heterocycles. The fourth-order valence-corrected chi connectivity index (χ4v) is 2.86. The lowest BCUT2D eigenvalue weighted by molar-refractivity contribution is -0.148. The highest BCUT2D eigenvalue weighted by Gasteiger charge is 2.44. The molecule has 0 N–H and O–H groups in total. The van der Waals surface area contributed by atoms with Gasteiger partial charge in [-0.3, -0.25) is 4.79 Å². The molecule has 0 aliphatic carbocycles. The van der Waals surface area contributed by atoms with Gasteiger partial charge < -0.3 is 18.9 Å². The first kappa shape index (κ1) is 18.6. The van der Waals surface area contributed by atoms with Crippen molar-refractivity contribution in [1.82, 2.24) is 0 Å². The molecule has 1 aromatic rings. The fourth-order valence-electron chi connectivity index (χ4n) is 2.86. The van der Waals surface area contributed by atoms with Gasteiger partial charge in [0.2, 0.25) is 0 Å². The monoisotopic (exact) mass is 344 g/mol. The van der Waals surface area contributed by atoms with E-state index in [1.54, 1.807) is 19.1 Å². The lowest BCUT2D eigenvalue weighted by Crippen LogP contribution is -2.37. The molecule has 1 aromatic carbocycles. The Balaban J connectivity index is 2.43. The van der Waals surface area contributed by atoms with Crippen LogP contribution in [0.25, 0.3) is 0 Å². The van der Waals surface area contributed by atoms with Crippen LogP contribution in [0.4, 0.5) is 0 Å². The first-order valence-corrected chi connectivity index (χ1v) is 7.87. The minimum atomic E-state index is -1.49. The average Bonchev–Trinajstić information content (AvgIpc) is 2.77. The van der Waals surface area contributed by atoms with Crippen LogP contribution in [0.5, 0.6) is 11.5 Å². The molecule has 1 atom stereocenters. The summed E-state index contributed by atoms with van der Waals surface area (Å²) in [5, 5.41) is 19.3. The van der Waals surface area contributed by atoms with E-state index in [0.717, 1.165) is 11.1 Å². The van der Waals surface area contributed by atoms with E-state index in [2.05, 4.69) is 0 Å². The summed E-state index contributed by atoms with van der Waals surface area (Å²) < 4.78 is 21.3. The Morgan fingerprint density at radius 2 is 1.84 bits per heavy atom. The summed E-state index contributed by atoms with van der Waals surface area (Å²) in [5.41, 5.74) is 0.0587. The standard InChI is InChI=1S/C18H20N2O5/c1-4-24-17(21)7-16-18(10-19,11-20)8-12-5-14(22-2)15(23-3)6-13(12)9-25-16/h5-6,16H,4,7-9H2,1-3H3. The summed E-state index contributed by atoms with van der Waals surface area (Å²) in [7, 11) is 3.04. The number of methoxy groups -OCH3 is 2. The SMILES string of the molecule is CCOC(=O)CC1OCc2cc(OC)c(OC)cc2CC1(C#N)C#N. The molecular formula is C18H20N2O5. The van der Waals surface area contributed by atoms with Crippen LogP contribution in [0.1, 0.15) is 24.5 Å². The zero-order valence-corrected chi connectivity index (χ0v) is 14.5. The van der Waals surface area contributed by atoms with Crippen molar-refractivity contribution >= 4 is 5.97 Å². The summed E-state index contributed by atoms with van der Waals surface area (Å²) in [4.78, 5) is 11.9. The highest BCUT2D eigenvalue weighted by Crippen LogP contribution is 2.39. The second kappa shape index (κ2) is 7.87. The number of fused-ring (bicyclic) bond motifs is 1. The number of hydrogen-bond acceptors (Lipinski definition) is 7. The molecule has 0 bridgehead atoms. The molecule has 7 nitrogen and oxygen atoms in total. The number of rotatable bonds is 5. The third-order valence-corrected chi connectivity index (χ3v) is 4.22. The van der Waals surface area contributed by atoms with Gasteiger partial charge in [-0.05, 0) is 30.2 Å². The van der Waals surface area contributed by atoms with Crippen LogP contribution in [0.2, 0.25) is 0 Å². The van der Waals surface area contributed by atoms with Crippen molar-refractivity contribution in [2.45, 2.75) is 32.5 Å². The van der Waals surface area contributed by atoms with Crippen LogP contribution in [0.15, 0.2) is 12.1 Å². The van der Waals surface area contributed by atoms with E-state index >= 15 is 0 Å². The Morgan fingerprint density at radius 1 is 1.24 bits per heavy atom. The van der Waals surface area contributed by atoms with Gasteiger partial charge in [-0.15, -0.1) is 0 Å². The number of benzene rings is 1. The Morgan fingerprint density at radius 3 is 2.36 bits per heavy atom. The molecule has 1 heterocycles. The molecule has 25 heavy (non-hydrogen) atoms. The molecule has 1 aliphatic rings. The van der Waals surface area contributed by atoms with Gasteiger partial charge >= 0.3 is 5.97 Å². The van der Waals surface area contributed by atoms with E-state index in [-0.39, 0.29) is 26.1 Å².